The third-order valence-electron chi connectivity index (χ3n) is 3.19. The van der Waals surface area contributed by atoms with E-state index in [1.807, 2.05) is 0 Å². The molecule has 0 nitrogen and oxygen atoms in total. The van der Waals surface area contributed by atoms with E-state index in [2.05, 4.69) is 40.7 Å². The van der Waals surface area contributed by atoms with E-state index < -0.39 is 0 Å². The maximum absolute atomic E-state index is 2.43. The van der Waals surface area contributed by atoms with Gasteiger partial charge in [0.2, 0.25) is 0 Å². The van der Waals surface area contributed by atoms with E-state index in [1.54, 1.807) is 5.57 Å². The summed E-state index contributed by atoms with van der Waals surface area (Å²) in [6.45, 7) is 11.4. The molecule has 0 aliphatic heterocycles. The lowest BCUT2D eigenvalue weighted by Gasteiger charge is -2.28. The summed E-state index contributed by atoms with van der Waals surface area (Å²) in [4.78, 5) is 0. The van der Waals surface area contributed by atoms with E-state index in [1.165, 1.54) is 32.1 Å². The van der Waals surface area contributed by atoms with Crippen LogP contribution in [0.25, 0.3) is 0 Å². The van der Waals surface area contributed by atoms with Crippen molar-refractivity contribution in [3.05, 3.63) is 11.6 Å². The molecule has 78 valence electrons. The summed E-state index contributed by atoms with van der Waals surface area (Å²) in [6.07, 6.45) is 8.91. The molecule has 0 spiro atoms. The maximum Gasteiger partial charge on any atom is -0.0269 e. The minimum atomic E-state index is 0.548. The molecule has 0 heterocycles. The Bertz CT molecular complexity index is 155. The van der Waals surface area contributed by atoms with Gasteiger partial charge in [0.1, 0.15) is 0 Å². The molecule has 0 amide bonds. The van der Waals surface area contributed by atoms with Crippen molar-refractivity contribution >= 4 is 0 Å². The second kappa shape index (κ2) is 6.23. The molecule has 0 saturated carbocycles. The molecule has 1 atom stereocenters. The fraction of sp³-hybridized carbons (Fsp3) is 0.846. The Balaban J connectivity index is 4.10. The van der Waals surface area contributed by atoms with Crippen LogP contribution in [-0.2, 0) is 0 Å². The number of allylic oxidation sites excluding steroid dienone is 2. The van der Waals surface area contributed by atoms with Gasteiger partial charge in [-0.25, -0.2) is 0 Å². The van der Waals surface area contributed by atoms with Crippen molar-refractivity contribution in [3.8, 4) is 0 Å². The van der Waals surface area contributed by atoms with Crippen molar-refractivity contribution in [3.63, 3.8) is 0 Å². The topological polar surface area (TPSA) is 0 Å². The Labute approximate surface area is 84.4 Å². The van der Waals surface area contributed by atoms with Gasteiger partial charge in [-0.1, -0.05) is 51.7 Å². The first-order chi connectivity index (χ1) is 6.08. The third kappa shape index (κ3) is 5.13. The van der Waals surface area contributed by atoms with Crippen LogP contribution in [-0.4, -0.2) is 0 Å². The molecule has 0 aromatic heterocycles. The van der Waals surface area contributed by atoms with Gasteiger partial charge in [-0.15, -0.1) is 0 Å². The largest absolute Gasteiger partial charge is 0.0887 e. The molecule has 0 bridgehead atoms. The maximum atomic E-state index is 2.43. The summed E-state index contributed by atoms with van der Waals surface area (Å²) in [5.74, 6) is 0. The van der Waals surface area contributed by atoms with Crippen LogP contribution in [0.4, 0.5) is 0 Å². The van der Waals surface area contributed by atoms with Gasteiger partial charge >= 0.3 is 0 Å². The van der Waals surface area contributed by atoms with E-state index >= 15 is 0 Å². The first kappa shape index (κ1) is 12.7. The summed E-state index contributed by atoms with van der Waals surface area (Å²) in [5, 5.41) is 0. The van der Waals surface area contributed by atoms with Crippen LogP contribution in [0.2, 0.25) is 0 Å². The zero-order valence-electron chi connectivity index (χ0n) is 10.1. The Hall–Kier alpha value is -0.260. The van der Waals surface area contributed by atoms with Crippen LogP contribution in [0.3, 0.4) is 0 Å². The number of hydrogen-bond acceptors (Lipinski definition) is 0. The molecule has 0 aromatic rings. The second-order valence-electron chi connectivity index (χ2n) is 4.58. The van der Waals surface area contributed by atoms with Crippen LogP contribution in [0, 0.1) is 5.41 Å². The molecule has 0 rings (SSSR count). The Morgan fingerprint density at radius 1 is 1.31 bits per heavy atom. The molecular formula is C13H26. The highest BCUT2D eigenvalue weighted by Crippen LogP contribution is 2.34. The first-order valence-corrected chi connectivity index (χ1v) is 5.69. The van der Waals surface area contributed by atoms with Gasteiger partial charge < -0.3 is 0 Å². The Kier molecular flexibility index (Phi) is 6.11. The van der Waals surface area contributed by atoms with Gasteiger partial charge in [-0.05, 0) is 32.1 Å². The van der Waals surface area contributed by atoms with Gasteiger partial charge in [0, 0.05) is 0 Å². The van der Waals surface area contributed by atoms with E-state index in [9.17, 15) is 0 Å². The predicted octanol–water partition coefficient (Wildman–Crippen LogP) is 4.95. The number of hydrogen-bond donors (Lipinski definition) is 0. The van der Waals surface area contributed by atoms with Gasteiger partial charge in [-0.2, -0.15) is 0 Å². The fourth-order valence-corrected chi connectivity index (χ4v) is 1.77. The minimum Gasteiger partial charge on any atom is -0.0887 e. The fourth-order valence-electron chi connectivity index (χ4n) is 1.77. The highest BCUT2D eigenvalue weighted by atomic mass is 14.3. The summed E-state index contributed by atoms with van der Waals surface area (Å²) >= 11 is 0. The number of rotatable bonds is 6. The lowest BCUT2D eigenvalue weighted by Crippen LogP contribution is -2.15. The molecule has 0 aromatic carbocycles. The van der Waals surface area contributed by atoms with E-state index in [4.69, 9.17) is 0 Å². The van der Waals surface area contributed by atoms with Crippen molar-refractivity contribution in [2.45, 2.75) is 66.7 Å². The van der Waals surface area contributed by atoms with E-state index in [-0.39, 0.29) is 0 Å². The van der Waals surface area contributed by atoms with Crippen molar-refractivity contribution in [2.24, 2.45) is 5.41 Å². The van der Waals surface area contributed by atoms with Gasteiger partial charge in [0.25, 0.3) is 0 Å². The molecule has 0 aliphatic rings. The van der Waals surface area contributed by atoms with Crippen molar-refractivity contribution < 1.29 is 0 Å². The van der Waals surface area contributed by atoms with Crippen LogP contribution in [0.15, 0.2) is 11.6 Å². The highest BCUT2D eigenvalue weighted by molar-refractivity contribution is 5.00. The molecule has 0 saturated heterocycles. The predicted molar refractivity (Wildman–Crippen MR) is 62.0 cm³/mol. The summed E-state index contributed by atoms with van der Waals surface area (Å²) in [7, 11) is 0. The van der Waals surface area contributed by atoms with Crippen molar-refractivity contribution in [1.29, 1.82) is 0 Å². The zero-order valence-corrected chi connectivity index (χ0v) is 10.1. The average Bonchev–Trinajstić information content (AvgIpc) is 2.14. The molecule has 0 fully saturated rings. The molecule has 0 aliphatic carbocycles. The quantitative estimate of drug-likeness (QED) is 0.510. The summed E-state index contributed by atoms with van der Waals surface area (Å²) in [6, 6.07) is 0. The molecule has 13 heavy (non-hydrogen) atoms. The lowest BCUT2D eigenvalue weighted by molar-refractivity contribution is 0.273. The van der Waals surface area contributed by atoms with Gasteiger partial charge in [-0.3, -0.25) is 0 Å². The third-order valence-corrected chi connectivity index (χ3v) is 3.19. The first-order valence-electron chi connectivity index (χ1n) is 5.69. The summed E-state index contributed by atoms with van der Waals surface area (Å²) < 4.78 is 0. The van der Waals surface area contributed by atoms with Crippen LogP contribution in [0.5, 0.6) is 0 Å². The SMILES string of the molecule is CC=C(C)CC(C)(CC)CCCC. The lowest BCUT2D eigenvalue weighted by atomic mass is 9.77. The highest BCUT2D eigenvalue weighted by Gasteiger charge is 2.21. The molecule has 1 unspecified atom stereocenters. The molecule has 0 heteroatoms. The Morgan fingerprint density at radius 2 is 1.92 bits per heavy atom. The molecule has 0 radical (unpaired) electrons. The second-order valence-corrected chi connectivity index (χ2v) is 4.58. The standard InChI is InChI=1S/C13H26/c1-6-9-10-13(5,8-3)11-12(4)7-2/h7H,6,8-11H2,1-5H3. The normalized spacial score (nSPS) is 17.2. The van der Waals surface area contributed by atoms with Crippen molar-refractivity contribution in [1.82, 2.24) is 0 Å². The smallest absolute Gasteiger partial charge is 0.0269 e. The van der Waals surface area contributed by atoms with Gasteiger partial charge in [0.05, 0.1) is 0 Å². The molecule has 0 N–H and O–H groups in total. The average molecular weight is 182 g/mol. The zero-order chi connectivity index (χ0) is 10.3. The number of unbranched alkanes of at least 4 members (excludes halogenated alkanes) is 1. The monoisotopic (exact) mass is 182 g/mol. The molecular weight excluding hydrogens is 156 g/mol. The van der Waals surface area contributed by atoms with E-state index in [0.29, 0.717) is 5.41 Å². The van der Waals surface area contributed by atoms with Crippen LogP contribution >= 0.6 is 0 Å². The van der Waals surface area contributed by atoms with Crippen LogP contribution < -0.4 is 0 Å². The van der Waals surface area contributed by atoms with E-state index in [0.717, 1.165) is 0 Å². The van der Waals surface area contributed by atoms with Gasteiger partial charge in [0.15, 0.2) is 0 Å². The van der Waals surface area contributed by atoms with Crippen molar-refractivity contribution in [2.75, 3.05) is 0 Å². The summed E-state index contributed by atoms with van der Waals surface area (Å²) in [5.41, 5.74) is 2.09. The van der Waals surface area contributed by atoms with Crippen LogP contribution in [0.1, 0.15) is 66.7 Å². The Morgan fingerprint density at radius 3 is 2.31 bits per heavy atom. The minimum absolute atomic E-state index is 0.548.